The molecule has 0 unspecified atom stereocenters. The summed E-state index contributed by atoms with van der Waals surface area (Å²) < 4.78 is 39.7. The van der Waals surface area contributed by atoms with Crippen molar-refractivity contribution in [1.29, 1.82) is 0 Å². The summed E-state index contributed by atoms with van der Waals surface area (Å²) in [6, 6.07) is 28.8. The molecular formula is C36H34F2O2. The predicted molar refractivity (Wildman–Crippen MR) is 158 cm³/mol. The molecule has 0 saturated carbocycles. The van der Waals surface area contributed by atoms with Crippen LogP contribution in [0.4, 0.5) is 8.78 Å². The average Bonchev–Trinajstić information content (AvgIpc) is 3.28. The van der Waals surface area contributed by atoms with E-state index in [0.717, 1.165) is 56.0 Å². The Morgan fingerprint density at radius 1 is 0.725 bits per heavy atom. The minimum Gasteiger partial charge on any atom is -0.497 e. The summed E-state index contributed by atoms with van der Waals surface area (Å²) in [6.45, 7) is 8.71. The number of rotatable bonds is 7. The Balaban J connectivity index is 1.85. The molecule has 1 atom stereocenters. The lowest BCUT2D eigenvalue weighted by molar-refractivity contribution is 0.414. The summed E-state index contributed by atoms with van der Waals surface area (Å²) in [4.78, 5) is 0. The first kappa shape index (κ1) is 27.4. The van der Waals surface area contributed by atoms with Gasteiger partial charge in [-0.15, -0.1) is 0 Å². The molecule has 0 spiro atoms. The third-order valence-electron chi connectivity index (χ3n) is 7.96. The van der Waals surface area contributed by atoms with Crippen LogP contribution in [0.25, 0.3) is 5.57 Å². The highest BCUT2D eigenvalue weighted by atomic mass is 19.2. The summed E-state index contributed by atoms with van der Waals surface area (Å²) >= 11 is 0. The van der Waals surface area contributed by atoms with E-state index in [-0.39, 0.29) is 5.92 Å². The minimum atomic E-state index is -0.858. The maximum Gasteiger partial charge on any atom is 0.159 e. The number of benzene rings is 4. The van der Waals surface area contributed by atoms with E-state index in [4.69, 9.17) is 9.47 Å². The Morgan fingerprint density at radius 2 is 1.32 bits per heavy atom. The Hall–Kier alpha value is -4.18. The van der Waals surface area contributed by atoms with Gasteiger partial charge in [-0.1, -0.05) is 74.0 Å². The Kier molecular flexibility index (Phi) is 7.37. The third kappa shape index (κ3) is 4.72. The number of fused-ring (bicyclic) bond motifs is 1. The van der Waals surface area contributed by atoms with Crippen molar-refractivity contribution >= 4 is 5.57 Å². The zero-order valence-corrected chi connectivity index (χ0v) is 23.8. The van der Waals surface area contributed by atoms with Gasteiger partial charge in [-0.2, -0.15) is 0 Å². The highest BCUT2D eigenvalue weighted by Gasteiger charge is 2.40. The number of hydrogen-bond acceptors (Lipinski definition) is 2. The van der Waals surface area contributed by atoms with Crippen molar-refractivity contribution in [3.05, 3.63) is 147 Å². The van der Waals surface area contributed by atoms with E-state index in [2.05, 4.69) is 64.1 Å². The molecule has 0 saturated heterocycles. The molecule has 1 aliphatic carbocycles. The van der Waals surface area contributed by atoms with Gasteiger partial charge in [-0.25, -0.2) is 8.78 Å². The first-order valence-corrected chi connectivity index (χ1v) is 13.4. The van der Waals surface area contributed by atoms with E-state index in [1.165, 1.54) is 12.1 Å². The van der Waals surface area contributed by atoms with Crippen molar-refractivity contribution in [1.82, 2.24) is 0 Å². The molecular weight excluding hydrogens is 502 g/mol. The van der Waals surface area contributed by atoms with Crippen LogP contribution in [0.3, 0.4) is 0 Å². The fourth-order valence-corrected chi connectivity index (χ4v) is 6.18. The number of methoxy groups -OCH3 is 2. The molecule has 40 heavy (non-hydrogen) atoms. The molecule has 0 heterocycles. The molecule has 0 bridgehead atoms. The van der Waals surface area contributed by atoms with Crippen LogP contribution in [0.1, 0.15) is 61.4 Å². The first-order valence-electron chi connectivity index (χ1n) is 13.4. The molecule has 4 aromatic rings. The van der Waals surface area contributed by atoms with Crippen LogP contribution >= 0.6 is 0 Å². The summed E-state index contributed by atoms with van der Waals surface area (Å²) in [5.74, 6) is -0.257. The quantitative estimate of drug-likeness (QED) is 0.234. The summed E-state index contributed by atoms with van der Waals surface area (Å²) in [7, 11) is 3.32. The molecule has 0 radical (unpaired) electrons. The van der Waals surface area contributed by atoms with Gasteiger partial charge in [0.15, 0.2) is 11.6 Å². The van der Waals surface area contributed by atoms with Crippen molar-refractivity contribution in [2.75, 3.05) is 14.2 Å². The third-order valence-corrected chi connectivity index (χ3v) is 7.96. The van der Waals surface area contributed by atoms with E-state index < -0.39 is 17.0 Å². The van der Waals surface area contributed by atoms with Crippen LogP contribution in [-0.2, 0) is 5.41 Å². The maximum atomic E-state index is 14.7. The Morgan fingerprint density at radius 3 is 1.90 bits per heavy atom. The van der Waals surface area contributed by atoms with Crippen LogP contribution in [0, 0.1) is 11.6 Å². The standard InChI is InChI=1S/C36H34F2O2/c1-22(2)35(36(3,4)25-14-18-27(40-6)19-15-25)34-32(23-11-16-26(39-5)17-12-23)28-9-7-8-10-29(28)33(34)24-13-20-30(37)31(38)21-24/h7-21,32H,1-6H3/t32-/m0/s1. The zero-order chi connectivity index (χ0) is 28.6. The number of halogens is 2. The second kappa shape index (κ2) is 10.8. The number of allylic oxidation sites excluding steroid dienone is 3. The molecule has 0 N–H and O–H groups in total. The predicted octanol–water partition coefficient (Wildman–Crippen LogP) is 9.24. The fraction of sp³-hybridized carbons (Fsp3) is 0.222. The van der Waals surface area contributed by atoms with Crippen molar-refractivity contribution in [3.63, 3.8) is 0 Å². The van der Waals surface area contributed by atoms with Crippen molar-refractivity contribution in [2.45, 2.75) is 39.0 Å². The average molecular weight is 537 g/mol. The van der Waals surface area contributed by atoms with E-state index in [1.54, 1.807) is 20.3 Å². The van der Waals surface area contributed by atoms with Gasteiger partial charge in [0.1, 0.15) is 11.5 Å². The maximum absolute atomic E-state index is 14.7. The normalized spacial score (nSPS) is 14.7. The molecule has 0 aliphatic heterocycles. The number of hydrogen-bond donors (Lipinski definition) is 0. The molecule has 2 nitrogen and oxygen atoms in total. The molecule has 4 aromatic carbocycles. The van der Waals surface area contributed by atoms with E-state index in [1.807, 2.05) is 36.4 Å². The van der Waals surface area contributed by atoms with Crippen molar-refractivity contribution in [2.24, 2.45) is 0 Å². The van der Waals surface area contributed by atoms with E-state index in [0.29, 0.717) is 5.56 Å². The van der Waals surface area contributed by atoms with Crippen molar-refractivity contribution in [3.8, 4) is 11.5 Å². The molecule has 0 aromatic heterocycles. The molecule has 0 amide bonds. The summed E-state index contributed by atoms with van der Waals surface area (Å²) in [5, 5.41) is 0. The number of ether oxygens (including phenoxy) is 2. The lowest BCUT2D eigenvalue weighted by atomic mass is 9.68. The van der Waals surface area contributed by atoms with Crippen LogP contribution < -0.4 is 9.47 Å². The van der Waals surface area contributed by atoms with Crippen LogP contribution in [-0.4, -0.2) is 14.2 Å². The molecule has 204 valence electrons. The monoisotopic (exact) mass is 536 g/mol. The van der Waals surface area contributed by atoms with Crippen molar-refractivity contribution < 1.29 is 18.3 Å². The molecule has 5 rings (SSSR count). The van der Waals surface area contributed by atoms with Gasteiger partial charge in [-0.3, -0.25) is 0 Å². The SMILES string of the molecule is COc1ccc([C@@H]2C(C(=C(C)C)C(C)(C)c3ccc(OC)cc3)=C(c3ccc(F)c(F)c3)c3ccccc32)cc1. The highest BCUT2D eigenvalue weighted by molar-refractivity contribution is 5.93. The topological polar surface area (TPSA) is 18.5 Å². The van der Waals surface area contributed by atoms with Gasteiger partial charge in [0.05, 0.1) is 14.2 Å². The van der Waals surface area contributed by atoms with Gasteiger partial charge in [-0.05, 0) is 94.8 Å². The Bertz CT molecular complexity index is 1610. The second-order valence-electron chi connectivity index (χ2n) is 10.9. The smallest absolute Gasteiger partial charge is 0.159 e. The van der Waals surface area contributed by atoms with Gasteiger partial charge in [0, 0.05) is 11.3 Å². The van der Waals surface area contributed by atoms with Gasteiger partial charge < -0.3 is 9.47 Å². The highest BCUT2D eigenvalue weighted by Crippen LogP contribution is 2.55. The fourth-order valence-electron chi connectivity index (χ4n) is 6.18. The van der Waals surface area contributed by atoms with Crippen LogP contribution in [0.5, 0.6) is 11.5 Å². The zero-order valence-electron chi connectivity index (χ0n) is 23.8. The van der Waals surface area contributed by atoms with Gasteiger partial charge in [0.2, 0.25) is 0 Å². The summed E-state index contributed by atoms with van der Waals surface area (Å²) in [5.41, 5.74) is 8.96. The summed E-state index contributed by atoms with van der Waals surface area (Å²) in [6.07, 6.45) is 0. The largest absolute Gasteiger partial charge is 0.497 e. The lowest BCUT2D eigenvalue weighted by Gasteiger charge is -2.35. The first-order chi connectivity index (χ1) is 19.2. The van der Waals surface area contributed by atoms with E-state index >= 15 is 0 Å². The molecule has 0 fully saturated rings. The molecule has 1 aliphatic rings. The second-order valence-corrected chi connectivity index (χ2v) is 10.9. The van der Waals surface area contributed by atoms with Crippen LogP contribution in [0.2, 0.25) is 0 Å². The van der Waals surface area contributed by atoms with Crippen LogP contribution in [0.15, 0.2) is 108 Å². The van der Waals surface area contributed by atoms with E-state index in [9.17, 15) is 8.78 Å². The lowest BCUT2D eigenvalue weighted by Crippen LogP contribution is -2.25. The van der Waals surface area contributed by atoms with Gasteiger partial charge in [0.25, 0.3) is 0 Å². The molecule has 4 heteroatoms. The minimum absolute atomic E-state index is 0.118. The van der Waals surface area contributed by atoms with Gasteiger partial charge >= 0.3 is 0 Å². The Labute approximate surface area is 235 Å².